The number of carbonyl (C=O) groups is 1. The van der Waals surface area contributed by atoms with E-state index in [0.717, 1.165) is 5.56 Å². The summed E-state index contributed by atoms with van der Waals surface area (Å²) in [6, 6.07) is 5.81. The SMILES string of the molecule is Cc1ccc(C2NC(=O)C2N)c(C)c1. The van der Waals surface area contributed by atoms with Gasteiger partial charge >= 0.3 is 0 Å². The molecule has 1 aromatic carbocycles. The summed E-state index contributed by atoms with van der Waals surface area (Å²) < 4.78 is 0. The highest BCUT2D eigenvalue weighted by Gasteiger charge is 2.37. The fraction of sp³-hybridized carbons (Fsp3) is 0.364. The molecule has 1 aromatic rings. The van der Waals surface area contributed by atoms with Crippen LogP contribution < -0.4 is 11.1 Å². The van der Waals surface area contributed by atoms with Crippen molar-refractivity contribution in [2.45, 2.75) is 25.9 Å². The summed E-state index contributed by atoms with van der Waals surface area (Å²) >= 11 is 0. The number of nitrogens with one attached hydrogen (secondary N) is 1. The first-order valence-corrected chi connectivity index (χ1v) is 4.72. The van der Waals surface area contributed by atoms with E-state index in [4.69, 9.17) is 5.73 Å². The van der Waals surface area contributed by atoms with E-state index in [0.29, 0.717) is 0 Å². The maximum atomic E-state index is 11.0. The average Bonchev–Trinajstić information content (AvgIpc) is 2.15. The molecule has 1 aliphatic heterocycles. The van der Waals surface area contributed by atoms with Gasteiger partial charge in [-0.05, 0) is 25.0 Å². The molecule has 74 valence electrons. The van der Waals surface area contributed by atoms with E-state index in [1.54, 1.807) is 0 Å². The van der Waals surface area contributed by atoms with Crippen molar-refractivity contribution in [3.8, 4) is 0 Å². The Morgan fingerprint density at radius 2 is 2.07 bits per heavy atom. The minimum absolute atomic E-state index is 0.00287. The smallest absolute Gasteiger partial charge is 0.239 e. The molecule has 14 heavy (non-hydrogen) atoms. The second-order valence-corrected chi connectivity index (χ2v) is 3.87. The minimum Gasteiger partial charge on any atom is -0.346 e. The summed E-state index contributed by atoms with van der Waals surface area (Å²) in [5.41, 5.74) is 9.23. The monoisotopic (exact) mass is 190 g/mol. The van der Waals surface area contributed by atoms with Crippen molar-refractivity contribution in [2.24, 2.45) is 5.73 Å². The van der Waals surface area contributed by atoms with Gasteiger partial charge in [-0.25, -0.2) is 0 Å². The van der Waals surface area contributed by atoms with Gasteiger partial charge in [-0.2, -0.15) is 0 Å². The molecule has 3 N–H and O–H groups in total. The first-order chi connectivity index (χ1) is 6.59. The van der Waals surface area contributed by atoms with Crippen LogP contribution in [0.2, 0.25) is 0 Å². The van der Waals surface area contributed by atoms with Crippen LogP contribution in [-0.2, 0) is 4.79 Å². The van der Waals surface area contributed by atoms with Gasteiger partial charge in [0.1, 0.15) is 6.04 Å². The maximum absolute atomic E-state index is 11.0. The molecular weight excluding hydrogens is 176 g/mol. The van der Waals surface area contributed by atoms with Gasteiger partial charge in [0.25, 0.3) is 0 Å². The van der Waals surface area contributed by atoms with E-state index >= 15 is 0 Å². The van der Waals surface area contributed by atoms with Crippen molar-refractivity contribution in [3.63, 3.8) is 0 Å². The standard InChI is InChI=1S/C11H14N2O/c1-6-3-4-8(7(2)5-6)10-9(12)11(14)13-10/h3-5,9-10H,12H2,1-2H3,(H,13,14). The van der Waals surface area contributed by atoms with Gasteiger partial charge in [0, 0.05) is 0 Å². The number of benzene rings is 1. The lowest BCUT2D eigenvalue weighted by molar-refractivity contribution is -0.130. The highest BCUT2D eigenvalue weighted by Crippen LogP contribution is 2.26. The van der Waals surface area contributed by atoms with Crippen LogP contribution in [0.4, 0.5) is 0 Å². The summed E-state index contributed by atoms with van der Waals surface area (Å²) in [6.07, 6.45) is 0. The van der Waals surface area contributed by atoms with Crippen LogP contribution in [0, 0.1) is 13.8 Å². The zero-order chi connectivity index (χ0) is 10.3. The largest absolute Gasteiger partial charge is 0.346 e. The van der Waals surface area contributed by atoms with Crippen molar-refractivity contribution >= 4 is 5.91 Å². The van der Waals surface area contributed by atoms with Crippen molar-refractivity contribution < 1.29 is 4.79 Å². The van der Waals surface area contributed by atoms with Crippen molar-refractivity contribution in [3.05, 3.63) is 34.9 Å². The number of hydrogen-bond donors (Lipinski definition) is 2. The lowest BCUT2D eigenvalue weighted by atomic mass is 9.89. The Hall–Kier alpha value is -1.35. The first-order valence-electron chi connectivity index (χ1n) is 4.72. The van der Waals surface area contributed by atoms with Gasteiger partial charge in [-0.15, -0.1) is 0 Å². The minimum atomic E-state index is -0.378. The van der Waals surface area contributed by atoms with Crippen LogP contribution in [0.5, 0.6) is 0 Å². The number of nitrogens with two attached hydrogens (primary N) is 1. The molecule has 0 saturated carbocycles. The number of aryl methyl sites for hydroxylation is 2. The molecule has 3 nitrogen and oxygen atoms in total. The van der Waals surface area contributed by atoms with Gasteiger partial charge in [0.2, 0.25) is 5.91 Å². The van der Waals surface area contributed by atoms with E-state index in [-0.39, 0.29) is 18.0 Å². The Balaban J connectivity index is 2.30. The molecule has 1 fully saturated rings. The highest BCUT2D eigenvalue weighted by atomic mass is 16.2. The fourth-order valence-corrected chi connectivity index (χ4v) is 1.84. The number of hydrogen-bond acceptors (Lipinski definition) is 2. The molecule has 0 aromatic heterocycles. The van der Waals surface area contributed by atoms with Crippen LogP contribution >= 0.6 is 0 Å². The quantitative estimate of drug-likeness (QED) is 0.644. The summed E-state index contributed by atoms with van der Waals surface area (Å²) in [6.45, 7) is 4.09. The fourth-order valence-electron chi connectivity index (χ4n) is 1.84. The molecule has 2 atom stereocenters. The Bertz CT molecular complexity index is 387. The van der Waals surface area contributed by atoms with Crippen LogP contribution in [0.25, 0.3) is 0 Å². The normalized spacial score (nSPS) is 25.5. The van der Waals surface area contributed by atoms with Gasteiger partial charge in [0.15, 0.2) is 0 Å². The summed E-state index contributed by atoms with van der Waals surface area (Å²) in [5.74, 6) is -0.0602. The summed E-state index contributed by atoms with van der Waals surface area (Å²) in [5, 5.41) is 2.81. The van der Waals surface area contributed by atoms with E-state index < -0.39 is 0 Å². The Morgan fingerprint density at radius 3 is 2.57 bits per heavy atom. The number of amides is 1. The zero-order valence-electron chi connectivity index (χ0n) is 8.37. The van der Waals surface area contributed by atoms with E-state index in [9.17, 15) is 4.79 Å². The molecule has 1 heterocycles. The van der Waals surface area contributed by atoms with Crippen molar-refractivity contribution in [1.82, 2.24) is 5.32 Å². The molecule has 1 aliphatic rings. The Kier molecular flexibility index (Phi) is 2.04. The lowest BCUT2D eigenvalue weighted by Gasteiger charge is -2.35. The van der Waals surface area contributed by atoms with E-state index in [2.05, 4.69) is 18.3 Å². The molecule has 0 aliphatic carbocycles. The lowest BCUT2D eigenvalue weighted by Crippen LogP contribution is -2.60. The predicted octanol–water partition coefficient (Wildman–Crippen LogP) is 0.802. The third kappa shape index (κ3) is 1.30. The molecule has 2 rings (SSSR count). The predicted molar refractivity (Wildman–Crippen MR) is 54.8 cm³/mol. The Labute approximate surface area is 83.3 Å². The summed E-state index contributed by atoms with van der Waals surface area (Å²) in [7, 11) is 0. The molecule has 0 radical (unpaired) electrons. The maximum Gasteiger partial charge on any atom is 0.239 e. The molecular formula is C11H14N2O. The van der Waals surface area contributed by atoms with Gasteiger partial charge in [0.05, 0.1) is 6.04 Å². The molecule has 3 heteroatoms. The average molecular weight is 190 g/mol. The molecule has 0 spiro atoms. The zero-order valence-corrected chi connectivity index (χ0v) is 8.37. The summed E-state index contributed by atoms with van der Waals surface area (Å²) in [4.78, 5) is 11.0. The first kappa shape index (κ1) is 9.21. The van der Waals surface area contributed by atoms with Gasteiger partial charge in [-0.1, -0.05) is 23.8 Å². The van der Waals surface area contributed by atoms with E-state index in [1.807, 2.05) is 19.1 Å². The second-order valence-electron chi connectivity index (χ2n) is 3.87. The van der Waals surface area contributed by atoms with Crippen molar-refractivity contribution in [2.75, 3.05) is 0 Å². The topological polar surface area (TPSA) is 55.1 Å². The Morgan fingerprint density at radius 1 is 1.36 bits per heavy atom. The van der Waals surface area contributed by atoms with Crippen LogP contribution in [0.3, 0.4) is 0 Å². The molecule has 0 bridgehead atoms. The second kappa shape index (κ2) is 3.10. The number of β-lactam (4-membered cyclic amide) rings is 1. The van der Waals surface area contributed by atoms with Crippen LogP contribution in [0.15, 0.2) is 18.2 Å². The van der Waals surface area contributed by atoms with Gasteiger partial charge < -0.3 is 11.1 Å². The molecule has 1 amide bonds. The van der Waals surface area contributed by atoms with Gasteiger partial charge in [-0.3, -0.25) is 4.79 Å². The van der Waals surface area contributed by atoms with Crippen molar-refractivity contribution in [1.29, 1.82) is 0 Å². The van der Waals surface area contributed by atoms with E-state index in [1.165, 1.54) is 11.1 Å². The number of carbonyl (C=O) groups excluding carboxylic acids is 1. The molecule has 1 saturated heterocycles. The number of rotatable bonds is 1. The van der Waals surface area contributed by atoms with Crippen LogP contribution in [0.1, 0.15) is 22.7 Å². The highest BCUT2D eigenvalue weighted by molar-refractivity contribution is 5.89. The molecule has 2 unspecified atom stereocenters. The third-order valence-electron chi connectivity index (χ3n) is 2.72. The third-order valence-corrected chi connectivity index (χ3v) is 2.72. The van der Waals surface area contributed by atoms with Crippen LogP contribution in [-0.4, -0.2) is 11.9 Å².